The number of amides is 1. The minimum atomic E-state index is -0.473. The number of rotatable bonds is 7. The van der Waals surface area contributed by atoms with E-state index < -0.39 is 6.04 Å². The van der Waals surface area contributed by atoms with Crippen LogP contribution in [0.25, 0.3) is 0 Å². The summed E-state index contributed by atoms with van der Waals surface area (Å²) < 4.78 is 0. The molecule has 0 aliphatic carbocycles. The first-order valence-electron chi connectivity index (χ1n) is 8.04. The van der Waals surface area contributed by atoms with Gasteiger partial charge in [-0.25, -0.2) is 0 Å². The van der Waals surface area contributed by atoms with Gasteiger partial charge in [0, 0.05) is 17.9 Å². The molecule has 0 heterocycles. The fourth-order valence-electron chi connectivity index (χ4n) is 2.20. The number of hydrogen-bond acceptors (Lipinski definition) is 3. The lowest BCUT2D eigenvalue weighted by Crippen LogP contribution is -2.40. The number of halogens is 1. The smallest absolute Gasteiger partial charge is 0.241 e. The third kappa shape index (κ3) is 5.87. The number of para-hydroxylation sites is 1. The third-order valence-corrected chi connectivity index (χ3v) is 4.05. The first kappa shape index (κ1) is 20.0. The average Bonchev–Trinajstić information content (AvgIpc) is 2.60. The van der Waals surface area contributed by atoms with Crippen molar-refractivity contribution in [1.82, 2.24) is 0 Å². The van der Waals surface area contributed by atoms with E-state index in [2.05, 4.69) is 10.6 Å². The van der Waals surface area contributed by atoms with Crippen LogP contribution in [0.4, 0.5) is 11.4 Å². The lowest BCUT2D eigenvalue weighted by molar-refractivity contribution is -0.118. The number of anilines is 2. The predicted molar refractivity (Wildman–Crippen MR) is 104 cm³/mol. The van der Waals surface area contributed by atoms with Crippen molar-refractivity contribution in [2.75, 3.05) is 10.6 Å². The lowest BCUT2D eigenvalue weighted by Gasteiger charge is -2.17. The van der Waals surface area contributed by atoms with Crippen LogP contribution in [0.3, 0.4) is 0 Å². The molecule has 5 heteroatoms. The second-order valence-electron chi connectivity index (χ2n) is 5.82. The van der Waals surface area contributed by atoms with Gasteiger partial charge in [-0.05, 0) is 35.7 Å². The summed E-state index contributed by atoms with van der Waals surface area (Å²) in [5.41, 5.74) is 8.95. The van der Waals surface area contributed by atoms with E-state index in [9.17, 15) is 4.79 Å². The second kappa shape index (κ2) is 9.96. The van der Waals surface area contributed by atoms with Crippen molar-refractivity contribution in [1.29, 1.82) is 0 Å². The molecule has 0 radical (unpaired) electrons. The fraction of sp³-hybridized carbons (Fsp3) is 0.316. The molecule has 0 aliphatic rings. The molecule has 130 valence electrons. The molecule has 2 rings (SSSR count). The van der Waals surface area contributed by atoms with Crippen molar-refractivity contribution in [2.24, 2.45) is 11.7 Å². The normalized spacial score (nSPS) is 12.6. The number of carbonyl (C=O) groups excluding carboxylic acids is 1. The summed E-state index contributed by atoms with van der Waals surface area (Å²) in [5.74, 6) is 0.0406. The van der Waals surface area contributed by atoms with E-state index in [1.54, 1.807) is 0 Å². The maximum absolute atomic E-state index is 12.1. The van der Waals surface area contributed by atoms with Crippen molar-refractivity contribution in [3.05, 3.63) is 60.2 Å². The molecule has 4 N–H and O–H groups in total. The molecule has 2 unspecified atom stereocenters. The van der Waals surface area contributed by atoms with Crippen molar-refractivity contribution in [2.45, 2.75) is 32.9 Å². The van der Waals surface area contributed by atoms with Gasteiger partial charge >= 0.3 is 0 Å². The largest absolute Gasteiger partial charge is 0.381 e. The average molecular weight is 348 g/mol. The van der Waals surface area contributed by atoms with Crippen molar-refractivity contribution in [3.63, 3.8) is 0 Å². The highest BCUT2D eigenvalue weighted by molar-refractivity contribution is 5.94. The van der Waals surface area contributed by atoms with E-state index >= 15 is 0 Å². The Morgan fingerprint density at radius 3 is 2.25 bits per heavy atom. The van der Waals surface area contributed by atoms with Crippen LogP contribution in [0.1, 0.15) is 25.8 Å². The van der Waals surface area contributed by atoms with Crippen LogP contribution < -0.4 is 16.4 Å². The molecule has 0 fully saturated rings. The maximum atomic E-state index is 12.1. The second-order valence-corrected chi connectivity index (χ2v) is 5.82. The van der Waals surface area contributed by atoms with E-state index in [4.69, 9.17) is 5.73 Å². The van der Waals surface area contributed by atoms with Crippen LogP contribution in [-0.2, 0) is 11.3 Å². The first-order chi connectivity index (χ1) is 11.1. The Kier molecular flexibility index (Phi) is 8.30. The third-order valence-electron chi connectivity index (χ3n) is 4.05. The number of hydrogen-bond donors (Lipinski definition) is 3. The van der Waals surface area contributed by atoms with Gasteiger partial charge in [-0.2, -0.15) is 0 Å². The summed E-state index contributed by atoms with van der Waals surface area (Å²) in [6.45, 7) is 4.76. The van der Waals surface area contributed by atoms with Gasteiger partial charge < -0.3 is 16.4 Å². The quantitative estimate of drug-likeness (QED) is 0.708. The van der Waals surface area contributed by atoms with Crippen LogP contribution in [0.2, 0.25) is 0 Å². The molecule has 0 spiro atoms. The number of nitrogens with two attached hydrogens (primary N) is 1. The predicted octanol–water partition coefficient (Wildman–Crippen LogP) is 4.03. The van der Waals surface area contributed by atoms with E-state index in [0.29, 0.717) is 0 Å². The standard InChI is InChI=1S/C19H25N3O.ClH/c1-3-14(2)18(20)19(23)22-17-11-9-15(10-12-17)13-21-16-7-5-4-6-8-16;/h4-12,14,18,21H,3,13,20H2,1-2H3,(H,22,23);1H. The Labute approximate surface area is 150 Å². The number of benzene rings is 2. The molecule has 0 aliphatic heterocycles. The Hall–Kier alpha value is -2.04. The molecule has 2 aromatic rings. The SMILES string of the molecule is CCC(C)C(N)C(=O)Nc1ccc(CNc2ccccc2)cc1.Cl. The maximum Gasteiger partial charge on any atom is 0.241 e. The zero-order chi connectivity index (χ0) is 16.7. The Balaban J connectivity index is 0.00000288. The van der Waals surface area contributed by atoms with Crippen molar-refractivity contribution >= 4 is 29.7 Å². The van der Waals surface area contributed by atoms with Gasteiger partial charge in [0.1, 0.15) is 0 Å². The minimum Gasteiger partial charge on any atom is -0.381 e. The molecule has 0 bridgehead atoms. The highest BCUT2D eigenvalue weighted by Gasteiger charge is 2.19. The molecule has 0 saturated carbocycles. The molecule has 0 saturated heterocycles. The van der Waals surface area contributed by atoms with Crippen molar-refractivity contribution < 1.29 is 4.79 Å². The Morgan fingerprint density at radius 1 is 1.04 bits per heavy atom. The van der Waals surface area contributed by atoms with E-state index in [-0.39, 0.29) is 24.2 Å². The zero-order valence-corrected chi connectivity index (χ0v) is 15.0. The van der Waals surface area contributed by atoms with Gasteiger partial charge in [-0.3, -0.25) is 4.79 Å². The van der Waals surface area contributed by atoms with Crippen molar-refractivity contribution in [3.8, 4) is 0 Å². The Morgan fingerprint density at radius 2 is 1.67 bits per heavy atom. The van der Waals surface area contributed by atoms with Gasteiger partial charge in [-0.15, -0.1) is 12.4 Å². The molecule has 0 aromatic heterocycles. The van der Waals surface area contributed by atoms with Gasteiger partial charge in [0.05, 0.1) is 6.04 Å². The van der Waals surface area contributed by atoms with Gasteiger partial charge in [0.25, 0.3) is 0 Å². The van der Waals surface area contributed by atoms with E-state index in [0.717, 1.165) is 29.9 Å². The van der Waals surface area contributed by atoms with Crippen LogP contribution in [0.15, 0.2) is 54.6 Å². The molecular weight excluding hydrogens is 322 g/mol. The minimum absolute atomic E-state index is 0. The van der Waals surface area contributed by atoms with Crippen LogP contribution in [0, 0.1) is 5.92 Å². The summed E-state index contributed by atoms with van der Waals surface area (Å²) in [6, 6.07) is 17.4. The molecule has 24 heavy (non-hydrogen) atoms. The van der Waals surface area contributed by atoms with Crippen LogP contribution >= 0.6 is 12.4 Å². The topological polar surface area (TPSA) is 67.2 Å². The summed E-state index contributed by atoms with van der Waals surface area (Å²) in [6.07, 6.45) is 0.888. The fourth-order valence-corrected chi connectivity index (χ4v) is 2.20. The van der Waals surface area contributed by atoms with E-state index in [1.807, 2.05) is 68.4 Å². The van der Waals surface area contributed by atoms with Crippen LogP contribution in [-0.4, -0.2) is 11.9 Å². The molecule has 2 atom stereocenters. The van der Waals surface area contributed by atoms with Crippen LogP contribution in [0.5, 0.6) is 0 Å². The number of nitrogens with one attached hydrogen (secondary N) is 2. The summed E-state index contributed by atoms with van der Waals surface area (Å²) in [4.78, 5) is 12.1. The molecule has 2 aromatic carbocycles. The molecular formula is C19H26ClN3O. The first-order valence-corrected chi connectivity index (χ1v) is 8.04. The summed E-state index contributed by atoms with van der Waals surface area (Å²) >= 11 is 0. The molecule has 1 amide bonds. The van der Waals surface area contributed by atoms with Gasteiger partial charge in [0.2, 0.25) is 5.91 Å². The van der Waals surface area contributed by atoms with E-state index in [1.165, 1.54) is 0 Å². The highest BCUT2D eigenvalue weighted by Crippen LogP contribution is 2.14. The highest BCUT2D eigenvalue weighted by atomic mass is 35.5. The van der Waals surface area contributed by atoms with Gasteiger partial charge in [-0.1, -0.05) is 50.6 Å². The van der Waals surface area contributed by atoms with Gasteiger partial charge in [0.15, 0.2) is 0 Å². The monoisotopic (exact) mass is 347 g/mol. The number of carbonyl (C=O) groups is 1. The zero-order valence-electron chi connectivity index (χ0n) is 14.2. The molecule has 4 nitrogen and oxygen atoms in total. The Bertz CT molecular complexity index is 616. The lowest BCUT2D eigenvalue weighted by atomic mass is 9.99. The summed E-state index contributed by atoms with van der Waals surface area (Å²) in [5, 5.41) is 6.23. The summed E-state index contributed by atoms with van der Waals surface area (Å²) in [7, 11) is 0.